The highest BCUT2D eigenvalue weighted by Crippen LogP contribution is 2.48. The first-order chi connectivity index (χ1) is 16.1. The molecule has 0 bridgehead atoms. The van der Waals surface area contributed by atoms with Crippen molar-refractivity contribution in [2.24, 2.45) is 5.92 Å². The van der Waals surface area contributed by atoms with E-state index in [1.807, 2.05) is 43.3 Å². The first-order valence-corrected chi connectivity index (χ1v) is 12.2. The van der Waals surface area contributed by atoms with Gasteiger partial charge in [-0.15, -0.1) is 0 Å². The Hall–Kier alpha value is -2.57. The molecule has 3 aliphatic rings. The Morgan fingerprint density at radius 1 is 1.21 bits per heavy atom. The lowest BCUT2D eigenvalue weighted by Crippen LogP contribution is -2.54. The van der Waals surface area contributed by atoms with Crippen LogP contribution in [0.4, 0.5) is 0 Å². The molecule has 4 atom stereocenters. The summed E-state index contributed by atoms with van der Waals surface area (Å²) in [5, 5.41) is 6.92. The Morgan fingerprint density at radius 2 is 2.03 bits per heavy atom. The number of carbonyl (C=O) groups is 1. The van der Waals surface area contributed by atoms with Gasteiger partial charge in [0.1, 0.15) is 11.5 Å². The summed E-state index contributed by atoms with van der Waals surface area (Å²) >= 11 is 0. The van der Waals surface area contributed by atoms with E-state index in [0.29, 0.717) is 23.3 Å². The molecule has 33 heavy (non-hydrogen) atoms. The van der Waals surface area contributed by atoms with Gasteiger partial charge < -0.3 is 20.1 Å². The van der Waals surface area contributed by atoms with Crippen LogP contribution in [-0.4, -0.2) is 50.7 Å². The normalized spacial score (nSPS) is 25.2. The SMILES string of the molecule is COc1cc(C(=O)N[C@H](C)c2ccccc2)c(OC)c2c1CCN1C[C@H]3CCCN[C@@H]3C[C@H]21. The molecule has 6 heteroatoms. The lowest BCUT2D eigenvalue weighted by atomic mass is 9.76. The molecule has 0 unspecified atom stereocenters. The van der Waals surface area contributed by atoms with Crippen LogP contribution in [0.3, 0.4) is 0 Å². The summed E-state index contributed by atoms with van der Waals surface area (Å²) in [7, 11) is 3.38. The maximum atomic E-state index is 13.5. The van der Waals surface area contributed by atoms with Crippen LogP contribution in [0.2, 0.25) is 0 Å². The third-order valence-corrected chi connectivity index (χ3v) is 7.80. The van der Waals surface area contributed by atoms with Crippen LogP contribution in [0.1, 0.15) is 65.3 Å². The fraction of sp³-hybridized carbons (Fsp3) is 0.519. The molecular weight excluding hydrogens is 414 g/mol. The van der Waals surface area contributed by atoms with Gasteiger partial charge in [-0.1, -0.05) is 30.3 Å². The van der Waals surface area contributed by atoms with E-state index in [1.165, 1.54) is 18.4 Å². The third kappa shape index (κ3) is 4.11. The lowest BCUT2D eigenvalue weighted by Gasteiger charge is -2.49. The second-order valence-electron chi connectivity index (χ2n) is 9.62. The van der Waals surface area contributed by atoms with Crippen molar-refractivity contribution in [1.29, 1.82) is 0 Å². The van der Waals surface area contributed by atoms with Gasteiger partial charge in [0.05, 0.1) is 25.8 Å². The summed E-state index contributed by atoms with van der Waals surface area (Å²) in [4.78, 5) is 16.1. The smallest absolute Gasteiger partial charge is 0.255 e. The molecule has 5 rings (SSSR count). The zero-order valence-corrected chi connectivity index (χ0v) is 19.9. The molecule has 176 valence electrons. The van der Waals surface area contributed by atoms with Crippen LogP contribution in [0, 0.1) is 5.92 Å². The summed E-state index contributed by atoms with van der Waals surface area (Å²) in [6.45, 7) is 5.24. The quantitative estimate of drug-likeness (QED) is 0.726. The number of nitrogens with one attached hydrogen (secondary N) is 2. The molecule has 0 aromatic heterocycles. The number of piperidine rings is 2. The minimum Gasteiger partial charge on any atom is -0.496 e. The van der Waals surface area contributed by atoms with Crippen LogP contribution in [0.5, 0.6) is 11.5 Å². The minimum atomic E-state index is -0.133. The maximum absolute atomic E-state index is 13.5. The number of carbonyl (C=O) groups excluding carboxylic acids is 1. The first kappa shape index (κ1) is 22.2. The molecular formula is C27H35N3O3. The Labute approximate surface area is 196 Å². The average Bonchev–Trinajstić information content (AvgIpc) is 2.86. The van der Waals surface area contributed by atoms with Gasteiger partial charge in [-0.25, -0.2) is 0 Å². The van der Waals surface area contributed by atoms with E-state index in [-0.39, 0.29) is 18.0 Å². The predicted molar refractivity (Wildman–Crippen MR) is 129 cm³/mol. The Bertz CT molecular complexity index is 1010. The Balaban J connectivity index is 1.51. The van der Waals surface area contributed by atoms with Crippen LogP contribution < -0.4 is 20.1 Å². The third-order valence-electron chi connectivity index (χ3n) is 7.80. The van der Waals surface area contributed by atoms with Crippen molar-refractivity contribution in [3.63, 3.8) is 0 Å². The van der Waals surface area contributed by atoms with E-state index in [4.69, 9.17) is 9.47 Å². The van der Waals surface area contributed by atoms with Gasteiger partial charge in [-0.3, -0.25) is 9.69 Å². The molecule has 0 saturated carbocycles. The number of hydrogen-bond acceptors (Lipinski definition) is 5. The molecule has 2 N–H and O–H groups in total. The molecule has 2 aromatic rings. The van der Waals surface area contributed by atoms with Crippen LogP contribution in [-0.2, 0) is 6.42 Å². The molecule has 2 saturated heterocycles. The lowest BCUT2D eigenvalue weighted by molar-refractivity contribution is 0.0532. The second-order valence-corrected chi connectivity index (χ2v) is 9.62. The van der Waals surface area contributed by atoms with Crippen LogP contribution in [0.25, 0.3) is 0 Å². The highest BCUT2D eigenvalue weighted by molar-refractivity contribution is 5.98. The molecule has 3 heterocycles. The number of amides is 1. The first-order valence-electron chi connectivity index (χ1n) is 12.2. The number of nitrogens with zero attached hydrogens (tertiary/aromatic N) is 1. The molecule has 0 radical (unpaired) electrons. The number of ether oxygens (including phenoxy) is 2. The Kier molecular flexibility index (Phi) is 6.30. The van der Waals surface area contributed by atoms with Gasteiger partial charge in [0.15, 0.2) is 0 Å². The molecule has 6 nitrogen and oxygen atoms in total. The van der Waals surface area contributed by atoms with Gasteiger partial charge >= 0.3 is 0 Å². The number of hydrogen-bond donors (Lipinski definition) is 2. The zero-order valence-electron chi connectivity index (χ0n) is 19.9. The van der Waals surface area contributed by atoms with Crippen molar-refractivity contribution in [3.05, 3.63) is 58.7 Å². The fourth-order valence-electron chi connectivity index (χ4n) is 6.11. The van der Waals surface area contributed by atoms with Gasteiger partial charge in [-0.05, 0) is 56.7 Å². The predicted octanol–water partition coefficient (Wildman–Crippen LogP) is 3.87. The van der Waals surface area contributed by atoms with Crippen molar-refractivity contribution in [1.82, 2.24) is 15.5 Å². The van der Waals surface area contributed by atoms with E-state index in [2.05, 4.69) is 15.5 Å². The van der Waals surface area contributed by atoms with Gasteiger partial charge in [0.2, 0.25) is 0 Å². The number of rotatable bonds is 5. The highest BCUT2D eigenvalue weighted by Gasteiger charge is 2.42. The van der Waals surface area contributed by atoms with Crippen molar-refractivity contribution in [2.75, 3.05) is 33.9 Å². The van der Waals surface area contributed by atoms with Crippen molar-refractivity contribution in [2.45, 2.75) is 50.7 Å². The number of fused-ring (bicyclic) bond motifs is 4. The monoisotopic (exact) mass is 449 g/mol. The summed E-state index contributed by atoms with van der Waals surface area (Å²) in [6, 6.07) is 12.5. The van der Waals surface area contributed by atoms with E-state index in [9.17, 15) is 4.79 Å². The van der Waals surface area contributed by atoms with E-state index < -0.39 is 0 Å². The number of benzene rings is 2. The largest absolute Gasteiger partial charge is 0.496 e. The van der Waals surface area contributed by atoms with Gasteiger partial charge in [0.25, 0.3) is 5.91 Å². The number of methoxy groups -OCH3 is 2. The fourth-order valence-corrected chi connectivity index (χ4v) is 6.11. The Morgan fingerprint density at radius 3 is 2.79 bits per heavy atom. The molecule has 1 amide bonds. The van der Waals surface area contributed by atoms with Crippen molar-refractivity contribution >= 4 is 5.91 Å². The molecule has 0 spiro atoms. The highest BCUT2D eigenvalue weighted by atomic mass is 16.5. The maximum Gasteiger partial charge on any atom is 0.255 e. The molecule has 2 aromatic carbocycles. The second kappa shape index (κ2) is 9.35. The van der Waals surface area contributed by atoms with Crippen LogP contribution >= 0.6 is 0 Å². The summed E-state index contributed by atoms with van der Waals surface area (Å²) in [5.41, 5.74) is 3.96. The topological polar surface area (TPSA) is 62.8 Å². The molecule has 3 aliphatic heterocycles. The molecule has 0 aliphatic carbocycles. The minimum absolute atomic E-state index is 0.108. The van der Waals surface area contributed by atoms with E-state index in [1.54, 1.807) is 14.2 Å². The van der Waals surface area contributed by atoms with E-state index >= 15 is 0 Å². The van der Waals surface area contributed by atoms with E-state index in [0.717, 1.165) is 49.4 Å². The molecule has 2 fully saturated rings. The van der Waals surface area contributed by atoms with Crippen molar-refractivity contribution in [3.8, 4) is 11.5 Å². The summed E-state index contributed by atoms with van der Waals surface area (Å²) in [5.74, 6) is 2.07. The van der Waals surface area contributed by atoms with Gasteiger partial charge in [-0.2, -0.15) is 0 Å². The van der Waals surface area contributed by atoms with Crippen LogP contribution in [0.15, 0.2) is 36.4 Å². The summed E-state index contributed by atoms with van der Waals surface area (Å²) < 4.78 is 11.8. The standard InChI is InChI=1S/C27H35N3O3/c1-17(18-8-5-4-6-9-18)29-27(31)21-14-24(32-2)20-11-13-30-16-19-10-7-12-28-22(19)15-23(30)25(20)26(21)33-3/h4-6,8-9,14,17,19,22-23,28H,7,10-13,15-16H2,1-3H3,(H,29,31)/t17-,19-,22-,23-/m1/s1. The van der Waals surface area contributed by atoms with Gasteiger partial charge in [0, 0.05) is 36.3 Å². The zero-order chi connectivity index (χ0) is 22.9. The summed E-state index contributed by atoms with van der Waals surface area (Å²) in [6.07, 6.45) is 4.52. The average molecular weight is 450 g/mol. The van der Waals surface area contributed by atoms with Crippen molar-refractivity contribution < 1.29 is 14.3 Å².